The predicted octanol–water partition coefficient (Wildman–Crippen LogP) is 3.32. The van der Waals surface area contributed by atoms with E-state index in [0.717, 1.165) is 5.56 Å². The van der Waals surface area contributed by atoms with E-state index in [1.165, 1.54) is 22.9 Å². The van der Waals surface area contributed by atoms with E-state index in [4.69, 9.17) is 4.74 Å². The van der Waals surface area contributed by atoms with Crippen LogP contribution in [0, 0.1) is 10.1 Å². The summed E-state index contributed by atoms with van der Waals surface area (Å²) in [5.41, 5.74) is 1.13. The van der Waals surface area contributed by atoms with Crippen LogP contribution >= 0.6 is 0 Å². The fourth-order valence-electron chi connectivity index (χ4n) is 2.89. The Labute approximate surface area is 176 Å². The van der Waals surface area contributed by atoms with Gasteiger partial charge in [0.05, 0.1) is 11.5 Å². The summed E-state index contributed by atoms with van der Waals surface area (Å²) in [5, 5.41) is 22.2. The Balaban J connectivity index is 1.35. The maximum Gasteiger partial charge on any atom is 0.311 e. The lowest BCUT2D eigenvalue weighted by Gasteiger charge is -2.06. The fourth-order valence-corrected chi connectivity index (χ4v) is 2.89. The van der Waals surface area contributed by atoms with Crippen LogP contribution in [0.3, 0.4) is 0 Å². The number of carbonyl (C=O) groups excluding carboxylic acids is 1. The van der Waals surface area contributed by atoms with Crippen molar-refractivity contribution in [2.45, 2.75) is 13.3 Å². The molecule has 1 N–H and O–H groups in total. The number of nitrogens with zero attached hydrogens (tertiary/aromatic N) is 5. The van der Waals surface area contributed by atoms with Crippen molar-refractivity contribution in [2.24, 2.45) is 0 Å². The highest BCUT2D eigenvalue weighted by Gasteiger charge is 2.15. The molecule has 0 aliphatic carbocycles. The van der Waals surface area contributed by atoms with E-state index in [-0.39, 0.29) is 23.9 Å². The van der Waals surface area contributed by atoms with Gasteiger partial charge in [-0.25, -0.2) is 4.68 Å². The van der Waals surface area contributed by atoms with Crippen LogP contribution in [0.2, 0.25) is 0 Å². The molecule has 4 aromatic rings. The summed E-state index contributed by atoms with van der Waals surface area (Å²) >= 11 is 0. The number of carbonyl (C=O) groups is 1. The molecule has 4 rings (SSSR count). The quantitative estimate of drug-likeness (QED) is 0.346. The van der Waals surface area contributed by atoms with Gasteiger partial charge in [-0.2, -0.15) is 10.2 Å². The minimum atomic E-state index is -0.520. The molecular formula is C21H18N6O4. The summed E-state index contributed by atoms with van der Waals surface area (Å²) in [5.74, 6) is 0.110. The molecule has 0 aliphatic heterocycles. The van der Waals surface area contributed by atoms with Crippen LogP contribution in [0.4, 0.5) is 11.5 Å². The van der Waals surface area contributed by atoms with Crippen molar-refractivity contribution in [1.82, 2.24) is 19.6 Å². The second-order valence-electron chi connectivity index (χ2n) is 6.58. The lowest BCUT2D eigenvalue weighted by Crippen LogP contribution is -2.15. The van der Waals surface area contributed by atoms with Crippen LogP contribution in [0.25, 0.3) is 0 Å². The number of ether oxygens (including phenoxy) is 1. The number of anilines is 1. The van der Waals surface area contributed by atoms with Crippen LogP contribution in [-0.2, 0) is 13.3 Å². The fraction of sp³-hybridized carbons (Fsp3) is 0.0952. The first-order chi connectivity index (χ1) is 15.1. The second-order valence-corrected chi connectivity index (χ2v) is 6.58. The zero-order valence-electron chi connectivity index (χ0n) is 16.3. The maximum atomic E-state index is 12.4. The summed E-state index contributed by atoms with van der Waals surface area (Å²) in [4.78, 5) is 23.0. The predicted molar refractivity (Wildman–Crippen MR) is 112 cm³/mol. The minimum Gasteiger partial charge on any atom is -0.464 e. The molecule has 0 fully saturated rings. The number of nitro benzene ring substituents is 1. The lowest BCUT2D eigenvalue weighted by molar-refractivity contribution is -0.386. The zero-order valence-corrected chi connectivity index (χ0v) is 16.3. The molecule has 0 aliphatic rings. The van der Waals surface area contributed by atoms with Crippen molar-refractivity contribution in [1.29, 1.82) is 0 Å². The third kappa shape index (κ3) is 4.93. The summed E-state index contributed by atoms with van der Waals surface area (Å²) in [7, 11) is 0. The van der Waals surface area contributed by atoms with Crippen LogP contribution in [0.5, 0.6) is 5.75 Å². The molecule has 2 aromatic heterocycles. The minimum absolute atomic E-state index is 0.0795. The van der Waals surface area contributed by atoms with E-state index in [9.17, 15) is 14.9 Å². The van der Waals surface area contributed by atoms with Crippen LogP contribution < -0.4 is 10.1 Å². The topological polar surface area (TPSA) is 117 Å². The van der Waals surface area contributed by atoms with E-state index < -0.39 is 10.8 Å². The van der Waals surface area contributed by atoms with Crippen molar-refractivity contribution < 1.29 is 14.5 Å². The molecule has 31 heavy (non-hydrogen) atoms. The van der Waals surface area contributed by atoms with E-state index in [1.807, 2.05) is 30.3 Å². The van der Waals surface area contributed by atoms with Crippen LogP contribution in [-0.4, -0.2) is 30.4 Å². The maximum absolute atomic E-state index is 12.4. The molecule has 0 saturated carbocycles. The summed E-state index contributed by atoms with van der Waals surface area (Å²) in [6, 6.07) is 19.1. The first-order valence-corrected chi connectivity index (χ1v) is 9.37. The highest BCUT2D eigenvalue weighted by Crippen LogP contribution is 2.25. The number of rotatable bonds is 8. The first-order valence-electron chi connectivity index (χ1n) is 9.37. The Kier molecular flexibility index (Phi) is 5.70. The van der Waals surface area contributed by atoms with E-state index in [0.29, 0.717) is 12.4 Å². The normalized spacial score (nSPS) is 10.6. The number of hydrogen-bond acceptors (Lipinski definition) is 6. The third-order valence-electron chi connectivity index (χ3n) is 4.36. The molecular weight excluding hydrogens is 400 g/mol. The highest BCUT2D eigenvalue weighted by atomic mass is 16.6. The van der Waals surface area contributed by atoms with Gasteiger partial charge in [-0.15, -0.1) is 0 Å². The van der Waals surface area contributed by atoms with Gasteiger partial charge in [0.1, 0.15) is 0 Å². The van der Waals surface area contributed by atoms with Gasteiger partial charge in [-0.05, 0) is 17.7 Å². The monoisotopic (exact) mass is 418 g/mol. The van der Waals surface area contributed by atoms with E-state index in [1.54, 1.807) is 35.3 Å². The molecule has 0 bridgehead atoms. The molecule has 0 unspecified atom stereocenters. The van der Waals surface area contributed by atoms with Crippen molar-refractivity contribution in [3.63, 3.8) is 0 Å². The van der Waals surface area contributed by atoms with Crippen LogP contribution in [0.1, 0.15) is 16.1 Å². The first kappa shape index (κ1) is 19.8. The largest absolute Gasteiger partial charge is 0.464 e. The van der Waals surface area contributed by atoms with Gasteiger partial charge < -0.3 is 10.1 Å². The average Bonchev–Trinajstić information content (AvgIpc) is 3.43. The van der Waals surface area contributed by atoms with Crippen LogP contribution in [0.15, 0.2) is 79.1 Å². The molecule has 10 heteroatoms. The Bertz CT molecular complexity index is 1200. The summed E-state index contributed by atoms with van der Waals surface area (Å²) in [6.45, 7) is 0.512. The van der Waals surface area contributed by atoms with Gasteiger partial charge in [-0.3, -0.25) is 19.6 Å². The zero-order chi connectivity index (χ0) is 21.6. The number of aromatic nitrogens is 4. The highest BCUT2D eigenvalue weighted by molar-refractivity contribution is 6.02. The number of para-hydroxylation sites is 2. The molecule has 0 saturated heterocycles. The molecule has 10 nitrogen and oxygen atoms in total. The lowest BCUT2D eigenvalue weighted by atomic mass is 10.2. The number of nitrogens with one attached hydrogen (secondary N) is 1. The smallest absolute Gasteiger partial charge is 0.311 e. The van der Waals surface area contributed by atoms with Gasteiger partial charge >= 0.3 is 5.69 Å². The average molecular weight is 418 g/mol. The number of amides is 1. The summed E-state index contributed by atoms with van der Waals surface area (Å²) in [6.07, 6.45) is 3.33. The van der Waals surface area contributed by atoms with Gasteiger partial charge in [0, 0.05) is 24.5 Å². The van der Waals surface area contributed by atoms with Gasteiger partial charge in [-0.1, -0.05) is 42.5 Å². The number of benzene rings is 2. The van der Waals surface area contributed by atoms with E-state index >= 15 is 0 Å². The van der Waals surface area contributed by atoms with Gasteiger partial charge in [0.15, 0.2) is 24.0 Å². The number of nitro groups is 1. The molecule has 0 atom stereocenters. The second kappa shape index (κ2) is 8.91. The molecule has 2 heterocycles. The molecule has 1 amide bonds. The van der Waals surface area contributed by atoms with Gasteiger partial charge in [0.25, 0.3) is 5.91 Å². The SMILES string of the molecule is O=C(Nc1ccn(Cc2ccccc2)n1)c1ccn(COc2ccccc2[N+](=O)[O-])n1. The Morgan fingerprint density at radius 3 is 2.52 bits per heavy atom. The van der Waals surface area contributed by atoms with Crippen molar-refractivity contribution in [3.05, 3.63) is 100 Å². The van der Waals surface area contributed by atoms with Gasteiger partial charge in [0.2, 0.25) is 0 Å². The van der Waals surface area contributed by atoms with E-state index in [2.05, 4.69) is 15.5 Å². The Morgan fingerprint density at radius 2 is 1.71 bits per heavy atom. The molecule has 0 radical (unpaired) electrons. The Hall–Kier alpha value is -4.47. The van der Waals surface area contributed by atoms with Crippen molar-refractivity contribution in [3.8, 4) is 5.75 Å². The van der Waals surface area contributed by atoms with Crippen molar-refractivity contribution >= 4 is 17.4 Å². The number of hydrogen-bond donors (Lipinski definition) is 1. The third-order valence-corrected chi connectivity index (χ3v) is 4.36. The summed E-state index contributed by atoms with van der Waals surface area (Å²) < 4.78 is 8.57. The molecule has 0 spiro atoms. The molecule has 156 valence electrons. The van der Waals surface area contributed by atoms with Crippen molar-refractivity contribution in [2.75, 3.05) is 5.32 Å². The Morgan fingerprint density at radius 1 is 0.968 bits per heavy atom. The molecule has 2 aromatic carbocycles. The standard InChI is InChI=1S/C21H18N6O4/c28-21(22-20-11-13-25(24-20)14-16-6-2-1-3-7-16)17-10-12-26(23-17)15-31-19-9-5-4-8-18(19)27(29)30/h1-13H,14-15H2,(H,22,24,28).